The summed E-state index contributed by atoms with van der Waals surface area (Å²) in [4.78, 5) is 14.7. The quantitative estimate of drug-likeness (QED) is 0.778. The molecule has 2 fully saturated rings. The van der Waals surface area contributed by atoms with Crippen molar-refractivity contribution in [1.29, 1.82) is 0 Å². The number of piperidine rings is 1. The lowest BCUT2D eigenvalue weighted by Gasteiger charge is -2.32. The number of anilines is 1. The Morgan fingerprint density at radius 3 is 2.56 bits per heavy atom. The highest BCUT2D eigenvalue weighted by Crippen LogP contribution is 2.28. The molecule has 0 radical (unpaired) electrons. The van der Waals surface area contributed by atoms with E-state index in [2.05, 4.69) is 47.6 Å². The van der Waals surface area contributed by atoms with Gasteiger partial charge < -0.3 is 10.6 Å². The molecule has 1 amide bonds. The number of aryl methyl sites for hydroxylation is 2. The summed E-state index contributed by atoms with van der Waals surface area (Å²) >= 11 is 0. The number of rotatable bonds is 7. The van der Waals surface area contributed by atoms with Gasteiger partial charge in [0.15, 0.2) is 0 Å². The number of halogens is 1. The van der Waals surface area contributed by atoms with Crippen LogP contribution >= 0.6 is 12.4 Å². The number of nitrogens with one attached hydrogen (secondary N) is 2. The molecule has 0 spiro atoms. The maximum absolute atomic E-state index is 12.4. The van der Waals surface area contributed by atoms with Crippen molar-refractivity contribution in [3.63, 3.8) is 0 Å². The predicted molar refractivity (Wildman–Crippen MR) is 107 cm³/mol. The van der Waals surface area contributed by atoms with Crippen molar-refractivity contribution in [2.45, 2.75) is 52.0 Å². The fourth-order valence-corrected chi connectivity index (χ4v) is 3.53. The number of hydrogen-bond acceptors (Lipinski definition) is 3. The van der Waals surface area contributed by atoms with Crippen LogP contribution in [0, 0.1) is 12.8 Å². The highest BCUT2D eigenvalue weighted by molar-refractivity contribution is 5.93. The molecule has 3 rings (SSSR count). The van der Waals surface area contributed by atoms with Crippen molar-refractivity contribution in [1.82, 2.24) is 10.2 Å². The molecule has 1 aromatic rings. The highest BCUT2D eigenvalue weighted by Gasteiger charge is 2.25. The van der Waals surface area contributed by atoms with Gasteiger partial charge >= 0.3 is 0 Å². The zero-order valence-electron chi connectivity index (χ0n) is 15.5. The van der Waals surface area contributed by atoms with Crippen molar-refractivity contribution in [2.24, 2.45) is 5.92 Å². The molecule has 4 nitrogen and oxygen atoms in total. The molecule has 1 saturated heterocycles. The van der Waals surface area contributed by atoms with Crippen LogP contribution in [-0.4, -0.2) is 43.0 Å². The maximum atomic E-state index is 12.4. The van der Waals surface area contributed by atoms with Crippen molar-refractivity contribution in [2.75, 3.05) is 31.5 Å². The Kier molecular flexibility index (Phi) is 7.73. The standard InChI is InChI=1S/C20H31N3O.ClH/c1-3-17-6-4-5-15(2)20(17)22-19(24)14-23-11-9-18(10-12-23)21-13-16-7-8-16;/h4-6,16,18,21H,3,7-14H2,1-2H3,(H,22,24);1H. The summed E-state index contributed by atoms with van der Waals surface area (Å²) in [5.41, 5.74) is 3.36. The number of carbonyl (C=O) groups excluding carboxylic acids is 1. The number of amides is 1. The molecule has 2 N–H and O–H groups in total. The minimum absolute atomic E-state index is 0. The first-order valence-electron chi connectivity index (χ1n) is 9.49. The number of para-hydroxylation sites is 1. The van der Waals surface area contributed by atoms with E-state index in [1.54, 1.807) is 0 Å². The summed E-state index contributed by atoms with van der Waals surface area (Å²) in [6.45, 7) is 7.93. The first-order valence-corrected chi connectivity index (χ1v) is 9.49. The molecular formula is C20H32ClN3O. The van der Waals surface area contributed by atoms with Crippen LogP contribution in [0.4, 0.5) is 5.69 Å². The number of nitrogens with zero attached hydrogens (tertiary/aromatic N) is 1. The van der Waals surface area contributed by atoms with E-state index < -0.39 is 0 Å². The zero-order valence-corrected chi connectivity index (χ0v) is 16.3. The Morgan fingerprint density at radius 1 is 1.20 bits per heavy atom. The average molecular weight is 366 g/mol. The van der Waals surface area contributed by atoms with Gasteiger partial charge in [0, 0.05) is 24.8 Å². The molecule has 1 aromatic carbocycles. The number of likely N-dealkylation sites (tertiary alicyclic amines) is 1. The number of hydrogen-bond donors (Lipinski definition) is 2. The summed E-state index contributed by atoms with van der Waals surface area (Å²) in [6.07, 6.45) is 6.07. The molecular weight excluding hydrogens is 334 g/mol. The van der Waals surface area contributed by atoms with E-state index in [4.69, 9.17) is 0 Å². The van der Waals surface area contributed by atoms with Crippen LogP contribution in [0.15, 0.2) is 18.2 Å². The molecule has 2 aliphatic rings. The van der Waals surface area contributed by atoms with E-state index in [0.29, 0.717) is 12.6 Å². The van der Waals surface area contributed by atoms with Crippen molar-refractivity contribution in [3.8, 4) is 0 Å². The normalized spacial score (nSPS) is 18.6. The largest absolute Gasteiger partial charge is 0.324 e. The van der Waals surface area contributed by atoms with Crippen LogP contribution in [0.3, 0.4) is 0 Å². The predicted octanol–water partition coefficient (Wildman–Crippen LogP) is 3.38. The Labute approximate surface area is 158 Å². The van der Waals surface area contributed by atoms with Crippen molar-refractivity contribution in [3.05, 3.63) is 29.3 Å². The topological polar surface area (TPSA) is 44.4 Å². The van der Waals surface area contributed by atoms with Crippen molar-refractivity contribution >= 4 is 24.0 Å². The SMILES string of the molecule is CCc1cccc(C)c1NC(=O)CN1CCC(NCC2CC2)CC1.Cl. The van der Waals surface area contributed by atoms with Crippen LogP contribution in [0.2, 0.25) is 0 Å². The van der Waals surface area contributed by atoms with E-state index in [0.717, 1.165) is 49.5 Å². The Bertz CT molecular complexity index is 566. The van der Waals surface area contributed by atoms with Gasteiger partial charge in [-0.05, 0) is 62.6 Å². The molecule has 140 valence electrons. The summed E-state index contributed by atoms with van der Waals surface area (Å²) < 4.78 is 0. The van der Waals surface area contributed by atoms with Gasteiger partial charge in [-0.3, -0.25) is 9.69 Å². The molecule has 0 aromatic heterocycles. The lowest BCUT2D eigenvalue weighted by molar-refractivity contribution is -0.117. The van der Waals surface area contributed by atoms with Gasteiger partial charge in [-0.15, -0.1) is 12.4 Å². The van der Waals surface area contributed by atoms with Gasteiger partial charge in [-0.2, -0.15) is 0 Å². The van der Waals surface area contributed by atoms with E-state index in [-0.39, 0.29) is 18.3 Å². The van der Waals surface area contributed by atoms with Crippen LogP contribution in [-0.2, 0) is 11.2 Å². The van der Waals surface area contributed by atoms with Crippen LogP contribution < -0.4 is 10.6 Å². The van der Waals surface area contributed by atoms with Gasteiger partial charge in [0.05, 0.1) is 6.54 Å². The van der Waals surface area contributed by atoms with E-state index >= 15 is 0 Å². The van der Waals surface area contributed by atoms with Crippen LogP contribution in [0.1, 0.15) is 43.7 Å². The lowest BCUT2D eigenvalue weighted by atomic mass is 10.0. The molecule has 1 saturated carbocycles. The summed E-state index contributed by atoms with van der Waals surface area (Å²) in [6, 6.07) is 6.86. The van der Waals surface area contributed by atoms with Crippen molar-refractivity contribution < 1.29 is 4.79 Å². The number of carbonyl (C=O) groups is 1. The zero-order chi connectivity index (χ0) is 16.9. The molecule has 1 aliphatic heterocycles. The molecule has 0 bridgehead atoms. The van der Waals surface area contributed by atoms with E-state index in [1.165, 1.54) is 24.9 Å². The Hall–Kier alpha value is -1.10. The monoisotopic (exact) mass is 365 g/mol. The third kappa shape index (κ3) is 5.98. The second-order valence-corrected chi connectivity index (χ2v) is 7.41. The fraction of sp³-hybridized carbons (Fsp3) is 0.650. The summed E-state index contributed by atoms with van der Waals surface area (Å²) in [7, 11) is 0. The molecule has 5 heteroatoms. The average Bonchev–Trinajstić information content (AvgIpc) is 3.40. The van der Waals surface area contributed by atoms with E-state index in [9.17, 15) is 4.79 Å². The Morgan fingerprint density at radius 2 is 1.92 bits per heavy atom. The van der Waals surface area contributed by atoms with E-state index in [1.807, 2.05) is 0 Å². The molecule has 1 aliphatic carbocycles. The van der Waals surface area contributed by atoms with Gasteiger partial charge in [0.25, 0.3) is 0 Å². The van der Waals surface area contributed by atoms with Gasteiger partial charge in [0.1, 0.15) is 0 Å². The second-order valence-electron chi connectivity index (χ2n) is 7.41. The van der Waals surface area contributed by atoms with Crippen LogP contribution in [0.25, 0.3) is 0 Å². The van der Waals surface area contributed by atoms with Gasteiger partial charge in [-0.1, -0.05) is 25.1 Å². The molecule has 0 atom stereocenters. The lowest BCUT2D eigenvalue weighted by Crippen LogP contribution is -2.45. The molecule has 0 unspecified atom stereocenters. The minimum Gasteiger partial charge on any atom is -0.324 e. The first-order chi connectivity index (χ1) is 11.7. The van der Waals surface area contributed by atoms with Gasteiger partial charge in [-0.25, -0.2) is 0 Å². The van der Waals surface area contributed by atoms with Gasteiger partial charge in [0.2, 0.25) is 5.91 Å². The summed E-state index contributed by atoms with van der Waals surface area (Å²) in [5.74, 6) is 1.05. The molecule has 25 heavy (non-hydrogen) atoms. The van der Waals surface area contributed by atoms with Crippen LogP contribution in [0.5, 0.6) is 0 Å². The second kappa shape index (κ2) is 9.56. The third-order valence-corrected chi connectivity index (χ3v) is 5.35. The third-order valence-electron chi connectivity index (χ3n) is 5.35. The molecule has 1 heterocycles. The number of benzene rings is 1. The highest BCUT2D eigenvalue weighted by atomic mass is 35.5. The Balaban J connectivity index is 0.00000225. The minimum atomic E-state index is 0. The fourth-order valence-electron chi connectivity index (χ4n) is 3.53. The summed E-state index contributed by atoms with van der Waals surface area (Å²) in [5, 5.41) is 6.83. The first kappa shape index (κ1) is 20.2. The maximum Gasteiger partial charge on any atom is 0.238 e. The smallest absolute Gasteiger partial charge is 0.238 e.